The number of morpholine rings is 1. The fourth-order valence-electron chi connectivity index (χ4n) is 1.71. The van der Waals surface area contributed by atoms with Crippen molar-refractivity contribution in [3.8, 4) is 0 Å². The molecule has 0 radical (unpaired) electrons. The molecule has 1 fully saturated rings. The Labute approximate surface area is 107 Å². The van der Waals surface area contributed by atoms with Crippen LogP contribution in [0.3, 0.4) is 0 Å². The van der Waals surface area contributed by atoms with Gasteiger partial charge in [-0.3, -0.25) is 14.5 Å². The highest BCUT2D eigenvalue weighted by Gasteiger charge is 2.30. The summed E-state index contributed by atoms with van der Waals surface area (Å²) in [6, 6.07) is -0.638. The van der Waals surface area contributed by atoms with Gasteiger partial charge in [-0.1, -0.05) is 13.8 Å². The average Bonchev–Trinajstić information content (AvgIpc) is 2.28. The van der Waals surface area contributed by atoms with Gasteiger partial charge in [-0.25, -0.2) is 0 Å². The van der Waals surface area contributed by atoms with E-state index in [1.807, 2.05) is 20.8 Å². The zero-order valence-corrected chi connectivity index (χ0v) is 11.2. The minimum absolute atomic E-state index is 0.0850. The van der Waals surface area contributed by atoms with Gasteiger partial charge >= 0.3 is 5.97 Å². The van der Waals surface area contributed by atoms with Crippen LogP contribution in [0, 0.1) is 5.92 Å². The fourth-order valence-corrected chi connectivity index (χ4v) is 1.71. The maximum Gasteiger partial charge on any atom is 0.323 e. The maximum atomic E-state index is 11.8. The number of aliphatic carboxylic acids is 1. The van der Waals surface area contributed by atoms with Crippen LogP contribution in [0.2, 0.25) is 0 Å². The molecule has 0 aromatic carbocycles. The molecule has 0 aromatic heterocycles. The Bertz CT molecular complexity index is 306. The standard InChI is InChI=1S/C12H22N2O4/c1-8(2)9(3)13-11(15)6-14-4-5-18-7-10(14)12(16)17/h8-10H,4-7H2,1-3H3,(H,13,15)(H,16,17). The number of carbonyl (C=O) groups is 2. The van der Waals surface area contributed by atoms with Gasteiger partial charge in [0, 0.05) is 12.6 Å². The number of nitrogens with one attached hydrogen (secondary N) is 1. The zero-order chi connectivity index (χ0) is 13.7. The van der Waals surface area contributed by atoms with Crippen molar-refractivity contribution in [2.24, 2.45) is 5.92 Å². The number of hydrogen-bond donors (Lipinski definition) is 2. The van der Waals surface area contributed by atoms with Gasteiger partial charge < -0.3 is 15.2 Å². The highest BCUT2D eigenvalue weighted by molar-refractivity contribution is 5.80. The van der Waals surface area contributed by atoms with Crippen LogP contribution in [-0.4, -0.2) is 60.3 Å². The van der Waals surface area contributed by atoms with E-state index in [0.717, 1.165) is 0 Å². The lowest BCUT2D eigenvalue weighted by atomic mass is 10.1. The maximum absolute atomic E-state index is 11.8. The molecule has 0 spiro atoms. The predicted octanol–water partition coefficient (Wildman–Crippen LogP) is -0.0675. The number of carbonyl (C=O) groups excluding carboxylic acids is 1. The Hall–Kier alpha value is -1.14. The first kappa shape index (κ1) is 14.9. The molecule has 1 aliphatic heterocycles. The molecule has 1 aliphatic rings. The van der Waals surface area contributed by atoms with E-state index in [-0.39, 0.29) is 25.1 Å². The van der Waals surface area contributed by atoms with Crippen LogP contribution in [0.1, 0.15) is 20.8 Å². The summed E-state index contributed by atoms with van der Waals surface area (Å²) in [5, 5.41) is 11.9. The molecule has 104 valence electrons. The lowest BCUT2D eigenvalue weighted by Crippen LogP contribution is -2.54. The number of nitrogens with zero attached hydrogens (tertiary/aromatic N) is 1. The third-order valence-corrected chi connectivity index (χ3v) is 3.26. The molecule has 2 atom stereocenters. The van der Waals surface area contributed by atoms with Crippen molar-refractivity contribution >= 4 is 11.9 Å². The third kappa shape index (κ3) is 4.27. The zero-order valence-electron chi connectivity index (χ0n) is 11.2. The van der Waals surface area contributed by atoms with Gasteiger partial charge in [-0.15, -0.1) is 0 Å². The SMILES string of the molecule is CC(C)C(C)NC(=O)CN1CCOCC1C(=O)O. The topological polar surface area (TPSA) is 78.9 Å². The van der Waals surface area contributed by atoms with Gasteiger partial charge in [0.2, 0.25) is 5.91 Å². The van der Waals surface area contributed by atoms with Crippen molar-refractivity contribution in [3.05, 3.63) is 0 Å². The summed E-state index contributed by atoms with van der Waals surface area (Å²) >= 11 is 0. The molecule has 6 nitrogen and oxygen atoms in total. The molecule has 0 aliphatic carbocycles. The monoisotopic (exact) mass is 258 g/mol. The second-order valence-corrected chi connectivity index (χ2v) is 5.00. The first-order chi connectivity index (χ1) is 8.41. The van der Waals surface area contributed by atoms with Crippen molar-refractivity contribution in [2.45, 2.75) is 32.9 Å². The molecule has 1 saturated heterocycles. The summed E-state index contributed by atoms with van der Waals surface area (Å²) < 4.78 is 5.12. The average molecular weight is 258 g/mol. The molecule has 1 rings (SSSR count). The summed E-state index contributed by atoms with van der Waals surface area (Å²) in [5.74, 6) is -0.724. The van der Waals surface area contributed by atoms with Gasteiger partial charge in [0.1, 0.15) is 6.04 Å². The molecule has 0 saturated carbocycles. The Morgan fingerprint density at radius 2 is 2.11 bits per heavy atom. The summed E-state index contributed by atoms with van der Waals surface area (Å²) in [5.41, 5.74) is 0. The van der Waals surface area contributed by atoms with E-state index in [2.05, 4.69) is 5.32 Å². The number of ether oxygens (including phenoxy) is 1. The largest absolute Gasteiger partial charge is 0.480 e. The van der Waals surface area contributed by atoms with Gasteiger partial charge in [-0.2, -0.15) is 0 Å². The van der Waals surface area contributed by atoms with Gasteiger partial charge in [0.15, 0.2) is 0 Å². The van der Waals surface area contributed by atoms with Crippen LogP contribution in [0.15, 0.2) is 0 Å². The number of rotatable bonds is 5. The molecule has 0 bridgehead atoms. The number of carboxylic acid groups (broad SMARTS) is 1. The van der Waals surface area contributed by atoms with Crippen molar-refractivity contribution in [1.82, 2.24) is 10.2 Å². The molecule has 1 heterocycles. The second kappa shape index (κ2) is 6.70. The molecule has 2 N–H and O–H groups in total. The lowest BCUT2D eigenvalue weighted by molar-refractivity contribution is -0.150. The van der Waals surface area contributed by atoms with Crippen LogP contribution in [0.5, 0.6) is 0 Å². The highest BCUT2D eigenvalue weighted by atomic mass is 16.5. The fraction of sp³-hybridized carbons (Fsp3) is 0.833. The third-order valence-electron chi connectivity index (χ3n) is 3.26. The van der Waals surface area contributed by atoms with Crippen LogP contribution < -0.4 is 5.32 Å². The minimum atomic E-state index is -0.945. The smallest absolute Gasteiger partial charge is 0.323 e. The van der Waals surface area contributed by atoms with Crippen LogP contribution in [0.25, 0.3) is 0 Å². The molecule has 0 aromatic rings. The van der Waals surface area contributed by atoms with E-state index in [0.29, 0.717) is 19.1 Å². The van der Waals surface area contributed by atoms with Crippen LogP contribution >= 0.6 is 0 Å². The first-order valence-corrected chi connectivity index (χ1v) is 6.25. The van der Waals surface area contributed by atoms with E-state index in [1.54, 1.807) is 4.90 Å². The number of amides is 1. The molecule has 2 unspecified atom stereocenters. The van der Waals surface area contributed by atoms with Crippen molar-refractivity contribution < 1.29 is 19.4 Å². The summed E-state index contributed by atoms with van der Waals surface area (Å²) in [4.78, 5) is 24.5. The van der Waals surface area contributed by atoms with Gasteiger partial charge in [0.25, 0.3) is 0 Å². The van der Waals surface area contributed by atoms with E-state index < -0.39 is 12.0 Å². The van der Waals surface area contributed by atoms with E-state index in [4.69, 9.17) is 9.84 Å². The molecule has 6 heteroatoms. The molecular weight excluding hydrogens is 236 g/mol. The molecule has 1 amide bonds. The Balaban J connectivity index is 2.48. The van der Waals surface area contributed by atoms with Gasteiger partial charge in [-0.05, 0) is 12.8 Å². The van der Waals surface area contributed by atoms with E-state index in [9.17, 15) is 9.59 Å². The van der Waals surface area contributed by atoms with Crippen molar-refractivity contribution in [2.75, 3.05) is 26.3 Å². The number of hydrogen-bond acceptors (Lipinski definition) is 4. The second-order valence-electron chi connectivity index (χ2n) is 5.00. The van der Waals surface area contributed by atoms with Crippen LogP contribution in [0.4, 0.5) is 0 Å². The Morgan fingerprint density at radius 1 is 1.44 bits per heavy atom. The van der Waals surface area contributed by atoms with E-state index >= 15 is 0 Å². The predicted molar refractivity (Wildman–Crippen MR) is 66.3 cm³/mol. The Kier molecular flexibility index (Phi) is 5.55. The first-order valence-electron chi connectivity index (χ1n) is 6.25. The van der Waals surface area contributed by atoms with Gasteiger partial charge in [0.05, 0.1) is 19.8 Å². The van der Waals surface area contributed by atoms with Crippen molar-refractivity contribution in [3.63, 3.8) is 0 Å². The van der Waals surface area contributed by atoms with Crippen molar-refractivity contribution in [1.29, 1.82) is 0 Å². The Morgan fingerprint density at radius 3 is 2.67 bits per heavy atom. The minimum Gasteiger partial charge on any atom is -0.480 e. The summed E-state index contributed by atoms with van der Waals surface area (Å²) in [6.07, 6.45) is 0. The summed E-state index contributed by atoms with van der Waals surface area (Å²) in [7, 11) is 0. The summed E-state index contributed by atoms with van der Waals surface area (Å²) in [6.45, 7) is 7.19. The molecular formula is C12H22N2O4. The molecule has 18 heavy (non-hydrogen) atoms. The quantitative estimate of drug-likeness (QED) is 0.722. The normalized spacial score (nSPS) is 22.8. The van der Waals surface area contributed by atoms with E-state index in [1.165, 1.54) is 0 Å². The number of carboxylic acids is 1. The lowest BCUT2D eigenvalue weighted by Gasteiger charge is -2.32. The van der Waals surface area contributed by atoms with Crippen LogP contribution in [-0.2, 0) is 14.3 Å². The highest BCUT2D eigenvalue weighted by Crippen LogP contribution is 2.07.